The molecule has 0 spiro atoms. The zero-order valence-electron chi connectivity index (χ0n) is 18.1. The molecule has 0 amide bonds. The lowest BCUT2D eigenvalue weighted by atomic mass is 9.99. The van der Waals surface area contributed by atoms with E-state index in [0.29, 0.717) is 28.4 Å². The van der Waals surface area contributed by atoms with Crippen LogP contribution >= 0.6 is 0 Å². The number of ether oxygens (including phenoxy) is 1. The Kier molecular flexibility index (Phi) is 5.96. The standard InChI is InChI=1S/C27H24N2O3/c1-4-15-32-22-13-14-24-23(16-22)26(20-11-9-19(10-12-20)18(2)3)28-27(31)29(24)17-21-7-5-6-8-25(21)30/h1,5-14,16,18,30H,15,17H2,2-3H3. The summed E-state index contributed by atoms with van der Waals surface area (Å²) >= 11 is 0. The number of aromatic nitrogens is 2. The molecule has 5 heteroatoms. The van der Waals surface area contributed by atoms with Gasteiger partial charge in [0.05, 0.1) is 17.8 Å². The second kappa shape index (κ2) is 8.99. The SMILES string of the molecule is C#CCOc1ccc2c(c1)c(-c1ccc(C(C)C)cc1)nc(=O)n2Cc1ccccc1O. The molecule has 160 valence electrons. The van der Waals surface area contributed by atoms with E-state index in [4.69, 9.17) is 11.2 Å². The van der Waals surface area contributed by atoms with Crippen LogP contribution in [0.15, 0.2) is 71.5 Å². The smallest absolute Gasteiger partial charge is 0.348 e. The molecule has 32 heavy (non-hydrogen) atoms. The summed E-state index contributed by atoms with van der Waals surface area (Å²) in [7, 11) is 0. The number of phenols is 1. The normalized spacial score (nSPS) is 10.9. The molecule has 4 rings (SSSR count). The molecule has 1 heterocycles. The van der Waals surface area contributed by atoms with Gasteiger partial charge in [0, 0.05) is 16.5 Å². The first-order valence-corrected chi connectivity index (χ1v) is 10.5. The maximum Gasteiger partial charge on any atom is 0.348 e. The van der Waals surface area contributed by atoms with Crippen LogP contribution in [0.4, 0.5) is 0 Å². The third-order valence-electron chi connectivity index (χ3n) is 5.45. The van der Waals surface area contributed by atoms with Crippen molar-refractivity contribution < 1.29 is 9.84 Å². The van der Waals surface area contributed by atoms with Gasteiger partial charge in [0.2, 0.25) is 0 Å². The van der Waals surface area contributed by atoms with Crippen molar-refractivity contribution in [2.45, 2.75) is 26.3 Å². The highest BCUT2D eigenvalue weighted by molar-refractivity contribution is 5.93. The highest BCUT2D eigenvalue weighted by Crippen LogP contribution is 2.30. The number of fused-ring (bicyclic) bond motifs is 1. The van der Waals surface area contributed by atoms with Crippen molar-refractivity contribution in [1.82, 2.24) is 9.55 Å². The van der Waals surface area contributed by atoms with Crippen molar-refractivity contribution in [3.8, 4) is 35.1 Å². The van der Waals surface area contributed by atoms with Crippen molar-refractivity contribution in [1.29, 1.82) is 0 Å². The van der Waals surface area contributed by atoms with Crippen LogP contribution in [0.5, 0.6) is 11.5 Å². The summed E-state index contributed by atoms with van der Waals surface area (Å²) in [4.78, 5) is 17.5. The van der Waals surface area contributed by atoms with Crippen LogP contribution in [0.2, 0.25) is 0 Å². The van der Waals surface area contributed by atoms with E-state index in [2.05, 4.69) is 36.9 Å². The summed E-state index contributed by atoms with van der Waals surface area (Å²) in [5, 5.41) is 11.0. The fourth-order valence-corrected chi connectivity index (χ4v) is 3.69. The van der Waals surface area contributed by atoms with Crippen LogP contribution in [0.25, 0.3) is 22.2 Å². The van der Waals surface area contributed by atoms with Gasteiger partial charge in [-0.15, -0.1) is 6.42 Å². The minimum Gasteiger partial charge on any atom is -0.508 e. The minimum absolute atomic E-state index is 0.134. The molecule has 0 unspecified atom stereocenters. The monoisotopic (exact) mass is 424 g/mol. The molecule has 4 aromatic rings. The third-order valence-corrected chi connectivity index (χ3v) is 5.45. The van der Waals surface area contributed by atoms with Gasteiger partial charge in [0.25, 0.3) is 0 Å². The van der Waals surface area contributed by atoms with Gasteiger partial charge in [-0.25, -0.2) is 4.79 Å². The van der Waals surface area contributed by atoms with E-state index >= 15 is 0 Å². The number of phenolic OH excluding ortho intramolecular Hbond substituents is 1. The first-order chi connectivity index (χ1) is 15.5. The molecule has 0 aliphatic rings. The maximum absolute atomic E-state index is 13.1. The summed E-state index contributed by atoms with van der Waals surface area (Å²) in [5.41, 5.74) is 3.59. The van der Waals surface area contributed by atoms with Crippen LogP contribution in [0.3, 0.4) is 0 Å². The minimum atomic E-state index is -0.388. The lowest BCUT2D eigenvalue weighted by molar-refractivity contribution is 0.371. The molecule has 0 aliphatic heterocycles. The molecule has 0 bridgehead atoms. The van der Waals surface area contributed by atoms with Gasteiger partial charge in [-0.1, -0.05) is 62.2 Å². The van der Waals surface area contributed by atoms with Crippen LogP contribution in [-0.2, 0) is 6.54 Å². The lowest BCUT2D eigenvalue weighted by Crippen LogP contribution is -2.24. The average Bonchev–Trinajstić information content (AvgIpc) is 2.80. The van der Waals surface area contributed by atoms with Crippen molar-refractivity contribution in [3.05, 3.63) is 88.3 Å². The molecule has 0 saturated carbocycles. The predicted molar refractivity (Wildman–Crippen MR) is 127 cm³/mol. The number of hydrogen-bond donors (Lipinski definition) is 1. The molecule has 1 N–H and O–H groups in total. The van der Waals surface area contributed by atoms with E-state index in [-0.39, 0.29) is 24.6 Å². The summed E-state index contributed by atoms with van der Waals surface area (Å²) in [6, 6.07) is 20.5. The van der Waals surface area contributed by atoms with Crippen molar-refractivity contribution >= 4 is 10.9 Å². The van der Waals surface area contributed by atoms with E-state index < -0.39 is 0 Å². The fraction of sp³-hybridized carbons (Fsp3) is 0.185. The first kappa shape index (κ1) is 21.2. The zero-order valence-corrected chi connectivity index (χ0v) is 18.1. The average molecular weight is 425 g/mol. The summed E-state index contributed by atoms with van der Waals surface area (Å²) in [6.07, 6.45) is 5.34. The van der Waals surface area contributed by atoms with Gasteiger partial charge in [-0.3, -0.25) is 4.57 Å². The molecular formula is C27H24N2O3. The Morgan fingerprint density at radius 1 is 1.09 bits per heavy atom. The summed E-state index contributed by atoms with van der Waals surface area (Å²) < 4.78 is 7.18. The molecular weight excluding hydrogens is 400 g/mol. The molecule has 0 radical (unpaired) electrons. The van der Waals surface area contributed by atoms with Crippen molar-refractivity contribution in [2.75, 3.05) is 6.61 Å². The topological polar surface area (TPSA) is 64.3 Å². The van der Waals surface area contributed by atoms with Crippen molar-refractivity contribution in [3.63, 3.8) is 0 Å². The molecule has 3 aromatic carbocycles. The molecule has 0 atom stereocenters. The van der Waals surface area contributed by atoms with Crippen LogP contribution in [-0.4, -0.2) is 21.3 Å². The van der Waals surface area contributed by atoms with E-state index in [1.165, 1.54) is 5.56 Å². The summed E-state index contributed by atoms with van der Waals surface area (Å²) in [5.74, 6) is 3.61. The van der Waals surface area contributed by atoms with E-state index in [1.54, 1.807) is 28.8 Å². The summed E-state index contributed by atoms with van der Waals surface area (Å²) in [6.45, 7) is 4.62. The number of para-hydroxylation sites is 1. The van der Waals surface area contributed by atoms with Gasteiger partial charge >= 0.3 is 5.69 Å². The number of aromatic hydroxyl groups is 1. The Labute approximate surface area is 186 Å². The van der Waals surface area contributed by atoms with Crippen LogP contribution in [0, 0.1) is 12.3 Å². The predicted octanol–water partition coefficient (Wildman–Crippen LogP) is 4.95. The molecule has 0 saturated heterocycles. The van der Waals surface area contributed by atoms with Gasteiger partial charge in [-0.2, -0.15) is 4.98 Å². The van der Waals surface area contributed by atoms with Gasteiger partial charge in [-0.05, 0) is 35.7 Å². The Morgan fingerprint density at radius 3 is 2.53 bits per heavy atom. The number of terminal acetylenes is 1. The van der Waals surface area contributed by atoms with Gasteiger partial charge < -0.3 is 9.84 Å². The quantitative estimate of drug-likeness (QED) is 0.445. The lowest BCUT2D eigenvalue weighted by Gasteiger charge is -2.15. The Balaban J connectivity index is 1.91. The number of nitrogens with zero attached hydrogens (tertiary/aromatic N) is 2. The Bertz CT molecular complexity index is 1360. The second-order valence-corrected chi connectivity index (χ2v) is 7.91. The van der Waals surface area contributed by atoms with Gasteiger partial charge in [0.1, 0.15) is 18.1 Å². The Morgan fingerprint density at radius 2 is 1.84 bits per heavy atom. The number of hydrogen-bond acceptors (Lipinski definition) is 4. The molecule has 1 aromatic heterocycles. The van der Waals surface area contributed by atoms with Gasteiger partial charge in [0.15, 0.2) is 0 Å². The van der Waals surface area contributed by atoms with E-state index in [0.717, 1.165) is 10.9 Å². The molecule has 0 fully saturated rings. The van der Waals surface area contributed by atoms with Crippen molar-refractivity contribution in [2.24, 2.45) is 0 Å². The van der Waals surface area contributed by atoms with E-state index in [9.17, 15) is 9.90 Å². The highest BCUT2D eigenvalue weighted by atomic mass is 16.5. The first-order valence-electron chi connectivity index (χ1n) is 10.5. The molecule has 0 aliphatic carbocycles. The second-order valence-electron chi connectivity index (χ2n) is 7.91. The third kappa shape index (κ3) is 4.21. The molecule has 5 nitrogen and oxygen atoms in total. The maximum atomic E-state index is 13.1. The van der Waals surface area contributed by atoms with Crippen LogP contribution in [0.1, 0.15) is 30.9 Å². The highest BCUT2D eigenvalue weighted by Gasteiger charge is 2.15. The zero-order chi connectivity index (χ0) is 22.7. The van der Waals surface area contributed by atoms with E-state index in [1.807, 2.05) is 30.3 Å². The number of rotatable bonds is 6. The van der Waals surface area contributed by atoms with Crippen LogP contribution < -0.4 is 10.4 Å². The Hall–Kier alpha value is -4.04. The largest absolute Gasteiger partial charge is 0.508 e. The number of benzene rings is 3. The fourth-order valence-electron chi connectivity index (χ4n) is 3.69.